The van der Waals surface area contributed by atoms with E-state index in [4.69, 9.17) is 33.2 Å². The van der Waals surface area contributed by atoms with Crippen molar-refractivity contribution in [3.05, 3.63) is 91.0 Å². The molecule has 5 N–H and O–H groups in total. The van der Waals surface area contributed by atoms with Crippen LogP contribution in [0.25, 0.3) is 0 Å². The molecule has 1 amide bonds. The summed E-state index contributed by atoms with van der Waals surface area (Å²) in [5, 5.41) is 55.8. The number of aliphatic hydroxyl groups is 4. The van der Waals surface area contributed by atoms with Gasteiger partial charge in [-0.05, 0) is 150 Å². The van der Waals surface area contributed by atoms with Crippen LogP contribution in [0.5, 0.6) is 0 Å². The summed E-state index contributed by atoms with van der Waals surface area (Å²) >= 11 is 0. The summed E-state index contributed by atoms with van der Waals surface area (Å²) in [5.41, 5.74) is -4.58. The Morgan fingerprint density at radius 1 is 0.765 bits per heavy atom. The van der Waals surface area contributed by atoms with Gasteiger partial charge in [0, 0.05) is 44.6 Å². The first kappa shape index (κ1) is 72.6. The van der Waals surface area contributed by atoms with Gasteiger partial charge in [-0.1, -0.05) is 107 Å². The molecule has 3 heterocycles. The fourth-order valence-corrected chi connectivity index (χ4v) is 18.1. The molecular weight excluding hydrogens is 1170 g/mol. The van der Waals surface area contributed by atoms with Gasteiger partial charge in [0.05, 0.1) is 47.7 Å². The van der Waals surface area contributed by atoms with Gasteiger partial charge in [0.2, 0.25) is 0 Å². The highest BCUT2D eigenvalue weighted by atomic mass is 79.9. The Morgan fingerprint density at radius 3 is 1.81 bits per heavy atom. The molecule has 0 radical (unpaired) electrons. The number of carbonyl (C=O) groups is 2. The molecule has 6 rings (SSSR count). The van der Waals surface area contributed by atoms with E-state index in [9.17, 15) is 30.0 Å². The van der Waals surface area contributed by atoms with E-state index in [0.29, 0.717) is 19.5 Å². The standard InChI is InChI=1S/C67H106N3O13P.BrH/c1-15-55-67(10,76)61(83-64(74)68-39-31-20-18-16-17-19-21-32-40-84(51-33-25-22-26-34-51,52-35-27-23-28-36-52)53-37-29-24-30-38-53)49(6)70(13)44-45(2)42-65(8,75)60(82-63-57(71)54(69(11)12)41-46(3)78-63)47(4)58(48(5)62(73)80-55)81-56-43-66(9,77-14)59(72)50(7)79-56;/h22-30,33-38,45-50,54-61,63,71-72,75-76H,15-21,31-32,39-44H2,1-14H3;1H/t45-,46-,47+,48-,49-,50+,54+,55-,56+,57-,58+,59+,60-,61-,63+,65-,66-,67-;/m1./s1. The number of nitrogens with zero attached hydrogens (tertiary/aromatic N) is 2. The number of hydrogen-bond donors (Lipinski definition) is 5. The number of nitrogens with one attached hydrogen (secondary N) is 1. The Morgan fingerprint density at radius 2 is 1.29 bits per heavy atom. The smallest absolute Gasteiger partial charge is 0.407 e. The third-order valence-electron chi connectivity index (χ3n) is 18.7. The summed E-state index contributed by atoms with van der Waals surface area (Å²) in [6, 6.07) is 32.3. The molecule has 3 aliphatic heterocycles. The molecule has 85 heavy (non-hydrogen) atoms. The minimum Gasteiger partial charge on any atom is -1.00 e. The number of aliphatic hydroxyl groups excluding tert-OH is 2. The van der Waals surface area contributed by atoms with E-state index < -0.39 is 109 Å². The van der Waals surface area contributed by atoms with Crippen LogP contribution >= 0.6 is 7.26 Å². The van der Waals surface area contributed by atoms with E-state index in [2.05, 4.69) is 96.3 Å². The monoisotopic (exact) mass is 1270 g/mol. The minimum absolute atomic E-state index is 0. The molecule has 0 spiro atoms. The normalized spacial score (nSPS) is 34.8. The number of halogens is 1. The number of amides is 1. The summed E-state index contributed by atoms with van der Waals surface area (Å²) in [6.07, 6.45) is 0.245. The van der Waals surface area contributed by atoms with Gasteiger partial charge in [0.25, 0.3) is 0 Å². The number of benzene rings is 3. The maximum Gasteiger partial charge on any atom is 0.407 e. The van der Waals surface area contributed by atoms with E-state index in [-0.39, 0.29) is 54.3 Å². The molecule has 18 heteroatoms. The van der Waals surface area contributed by atoms with Crippen LogP contribution in [0, 0.1) is 17.8 Å². The van der Waals surface area contributed by atoms with Crippen molar-refractivity contribution >= 4 is 35.2 Å². The molecule has 0 bridgehead atoms. The number of ether oxygens (including phenoxy) is 7. The first-order valence-electron chi connectivity index (χ1n) is 31.4. The lowest BCUT2D eigenvalue weighted by Gasteiger charge is -2.48. The lowest BCUT2D eigenvalue weighted by Crippen LogP contribution is -3.00. The summed E-state index contributed by atoms with van der Waals surface area (Å²) < 4.78 is 44.8. The van der Waals surface area contributed by atoms with Crippen molar-refractivity contribution in [1.82, 2.24) is 15.1 Å². The molecule has 3 aromatic rings. The molecule has 16 nitrogen and oxygen atoms in total. The van der Waals surface area contributed by atoms with Crippen LogP contribution in [-0.4, -0.2) is 180 Å². The van der Waals surface area contributed by atoms with E-state index in [1.54, 1.807) is 41.5 Å². The first-order chi connectivity index (χ1) is 39.8. The van der Waals surface area contributed by atoms with Crippen LogP contribution in [-0.2, 0) is 38.0 Å². The topological polar surface area (TPSA) is 198 Å². The van der Waals surface area contributed by atoms with Crippen molar-refractivity contribution in [2.24, 2.45) is 17.8 Å². The van der Waals surface area contributed by atoms with Gasteiger partial charge in [-0.2, -0.15) is 0 Å². The van der Waals surface area contributed by atoms with Gasteiger partial charge in [-0.25, -0.2) is 4.79 Å². The average Bonchev–Trinajstić information content (AvgIpc) is 3.68. The van der Waals surface area contributed by atoms with Crippen molar-refractivity contribution < 1.29 is 80.2 Å². The fourth-order valence-electron chi connectivity index (χ4n) is 13.7. The molecule has 480 valence electrons. The molecule has 0 aliphatic carbocycles. The SMILES string of the molecule is CC[C@H]1OC(=O)[C@H](C)[C@@H](O[C@H]2C[C@@](C)(OC)[C@@H](O)[C@H](C)O2)[C@H](C)[C@@H](O[C@@H]2O[C@H](C)C[C@H](N(C)C)[C@H]2O)[C@](C)(O)C[C@@H](C)CN(C)[C@H](C)[C@@H](OC(=O)NCCCCCCCCCC[P+](c2ccccc2)(c2ccccc2)c2ccccc2)[C@]1(C)O.[Br-]. The molecule has 0 unspecified atom stereocenters. The van der Waals surface area contributed by atoms with Crippen LogP contribution in [0.2, 0.25) is 0 Å². The Kier molecular flexibility index (Phi) is 28.3. The molecule has 3 aromatic carbocycles. The number of unbranched alkanes of at least 4 members (excludes halogenated alkanes) is 7. The van der Waals surface area contributed by atoms with Gasteiger partial charge in [0.15, 0.2) is 18.7 Å². The van der Waals surface area contributed by atoms with E-state index >= 15 is 0 Å². The van der Waals surface area contributed by atoms with Gasteiger partial charge >= 0.3 is 12.1 Å². The second kappa shape index (κ2) is 33.1. The lowest BCUT2D eigenvalue weighted by molar-refractivity contribution is -0.318. The molecule has 0 aromatic heterocycles. The predicted octanol–water partition coefficient (Wildman–Crippen LogP) is 5.75. The molecule has 3 fully saturated rings. The largest absolute Gasteiger partial charge is 1.00 e. The number of alkyl carbamates (subject to hydrolysis) is 1. The molecule has 0 saturated carbocycles. The Hall–Kier alpha value is -3.13. The van der Waals surface area contributed by atoms with Crippen LogP contribution in [0.3, 0.4) is 0 Å². The Balaban J connectivity index is 0.0000132. The van der Waals surface area contributed by atoms with E-state index in [1.807, 2.05) is 58.6 Å². The number of hydrogen-bond acceptors (Lipinski definition) is 15. The van der Waals surface area contributed by atoms with Crippen LogP contribution in [0.4, 0.5) is 4.79 Å². The summed E-state index contributed by atoms with van der Waals surface area (Å²) in [5.74, 6) is -2.81. The van der Waals surface area contributed by atoms with Gasteiger partial charge in [-0.15, -0.1) is 0 Å². The number of cyclic esters (lactones) is 1. The van der Waals surface area contributed by atoms with Crippen molar-refractivity contribution in [3.63, 3.8) is 0 Å². The summed E-state index contributed by atoms with van der Waals surface area (Å²) in [7, 11) is 5.34. The van der Waals surface area contributed by atoms with Crippen LogP contribution in [0.1, 0.15) is 146 Å². The Labute approximate surface area is 520 Å². The predicted molar refractivity (Wildman–Crippen MR) is 333 cm³/mol. The average molecular weight is 1270 g/mol. The maximum atomic E-state index is 14.9. The van der Waals surface area contributed by atoms with Gasteiger partial charge in [-0.3, -0.25) is 9.69 Å². The van der Waals surface area contributed by atoms with Crippen molar-refractivity contribution in [1.29, 1.82) is 0 Å². The molecular formula is C67H107BrN3O13P. The van der Waals surface area contributed by atoms with E-state index in [1.165, 1.54) is 23.0 Å². The second-order valence-corrected chi connectivity index (χ2v) is 29.5. The molecule has 18 atom stereocenters. The fraction of sp³-hybridized carbons (Fsp3) is 0.701. The number of likely N-dealkylation sites (N-methyl/N-ethyl adjacent to an activating group) is 2. The van der Waals surface area contributed by atoms with Gasteiger partial charge < -0.3 is 80.8 Å². The minimum atomic E-state index is -1.89. The maximum absolute atomic E-state index is 14.9. The highest BCUT2D eigenvalue weighted by molar-refractivity contribution is 7.95. The van der Waals surface area contributed by atoms with Crippen LogP contribution in [0.15, 0.2) is 91.0 Å². The number of methoxy groups -OCH3 is 1. The first-order valence-corrected chi connectivity index (χ1v) is 33.3. The number of carbonyl (C=O) groups excluding carboxylic acids is 2. The van der Waals surface area contributed by atoms with Crippen molar-refractivity contribution in [3.8, 4) is 0 Å². The third kappa shape index (κ3) is 18.5. The number of rotatable bonds is 22. The highest BCUT2D eigenvalue weighted by Crippen LogP contribution is 2.56. The molecule has 3 aliphatic rings. The zero-order chi connectivity index (χ0) is 61.6. The molecule has 3 saturated heterocycles. The van der Waals surface area contributed by atoms with Crippen molar-refractivity contribution in [2.75, 3.05) is 47.5 Å². The number of esters is 1. The highest BCUT2D eigenvalue weighted by Gasteiger charge is 2.54. The zero-order valence-corrected chi connectivity index (χ0v) is 56.1. The summed E-state index contributed by atoms with van der Waals surface area (Å²) in [4.78, 5) is 32.7. The third-order valence-corrected chi connectivity index (χ3v) is 23.2. The van der Waals surface area contributed by atoms with E-state index in [0.717, 1.165) is 57.5 Å². The zero-order valence-electron chi connectivity index (χ0n) is 53.6. The van der Waals surface area contributed by atoms with Crippen molar-refractivity contribution in [2.45, 2.75) is 237 Å². The lowest BCUT2D eigenvalue weighted by atomic mass is 9.77. The second-order valence-electron chi connectivity index (χ2n) is 25.8. The summed E-state index contributed by atoms with van der Waals surface area (Å²) in [6.45, 7) is 18.6. The van der Waals surface area contributed by atoms with Crippen LogP contribution < -0.4 is 38.2 Å². The van der Waals surface area contributed by atoms with Gasteiger partial charge in [0.1, 0.15) is 47.1 Å². The quantitative estimate of drug-likeness (QED) is 0.0463. The Bertz CT molecular complexity index is 2340.